The normalized spacial score (nSPS) is 10.7. The smallest absolute Gasteiger partial charge is 0.337 e. The van der Waals surface area contributed by atoms with Crippen LogP contribution in [0.2, 0.25) is 0 Å². The van der Waals surface area contributed by atoms with Gasteiger partial charge in [0.05, 0.1) is 17.6 Å². The molecule has 0 amide bonds. The van der Waals surface area contributed by atoms with Gasteiger partial charge in [-0.15, -0.1) is 12.4 Å². The van der Waals surface area contributed by atoms with E-state index < -0.39 is 16.0 Å². The van der Waals surface area contributed by atoms with Crippen molar-refractivity contribution < 1.29 is 17.9 Å². The Morgan fingerprint density at radius 1 is 1.35 bits per heavy atom. The largest absolute Gasteiger partial charge is 0.465 e. The maximum absolute atomic E-state index is 12.0. The van der Waals surface area contributed by atoms with Crippen molar-refractivity contribution in [3.05, 3.63) is 29.8 Å². The molecule has 0 fully saturated rings. The van der Waals surface area contributed by atoms with E-state index in [0.29, 0.717) is 19.5 Å². The molecular formula is C12H19ClN2O4S. The molecule has 0 saturated carbocycles. The van der Waals surface area contributed by atoms with Gasteiger partial charge in [0, 0.05) is 6.54 Å². The van der Waals surface area contributed by atoms with Crippen LogP contribution in [0.4, 0.5) is 0 Å². The van der Waals surface area contributed by atoms with E-state index in [2.05, 4.69) is 9.46 Å². The predicted molar refractivity (Wildman–Crippen MR) is 78.5 cm³/mol. The molecule has 0 unspecified atom stereocenters. The number of halogens is 1. The third-order valence-corrected chi connectivity index (χ3v) is 3.95. The first-order valence-electron chi connectivity index (χ1n) is 5.89. The lowest BCUT2D eigenvalue weighted by Crippen LogP contribution is -2.25. The van der Waals surface area contributed by atoms with Gasteiger partial charge in [0.15, 0.2) is 0 Å². The van der Waals surface area contributed by atoms with Crippen molar-refractivity contribution in [1.82, 2.24) is 4.72 Å². The van der Waals surface area contributed by atoms with Crippen molar-refractivity contribution >= 4 is 28.4 Å². The van der Waals surface area contributed by atoms with Gasteiger partial charge in [0.2, 0.25) is 10.0 Å². The first kappa shape index (κ1) is 18.9. The SMILES string of the molecule is COC(=O)c1cccc(S(=O)(=O)NCCCCN)c1.Cl. The number of nitrogens with two attached hydrogens (primary N) is 1. The molecule has 0 bridgehead atoms. The van der Waals surface area contributed by atoms with Gasteiger partial charge >= 0.3 is 5.97 Å². The van der Waals surface area contributed by atoms with Crippen LogP contribution < -0.4 is 10.5 Å². The van der Waals surface area contributed by atoms with Gasteiger partial charge in [0.25, 0.3) is 0 Å². The number of benzene rings is 1. The molecule has 0 spiro atoms. The Morgan fingerprint density at radius 3 is 2.65 bits per heavy atom. The van der Waals surface area contributed by atoms with Crippen molar-refractivity contribution in [2.75, 3.05) is 20.2 Å². The number of carbonyl (C=O) groups is 1. The zero-order valence-corrected chi connectivity index (χ0v) is 12.8. The molecule has 6 nitrogen and oxygen atoms in total. The molecule has 114 valence electrons. The number of sulfonamides is 1. The van der Waals surface area contributed by atoms with Crippen LogP contribution in [0.3, 0.4) is 0 Å². The van der Waals surface area contributed by atoms with E-state index in [4.69, 9.17) is 5.73 Å². The lowest BCUT2D eigenvalue weighted by molar-refractivity contribution is 0.0600. The highest BCUT2D eigenvalue weighted by atomic mass is 35.5. The summed E-state index contributed by atoms with van der Waals surface area (Å²) < 4.78 is 30.9. The third-order valence-electron chi connectivity index (χ3n) is 2.49. The van der Waals surface area contributed by atoms with Crippen molar-refractivity contribution in [3.8, 4) is 0 Å². The number of hydrogen-bond donors (Lipinski definition) is 2. The summed E-state index contributed by atoms with van der Waals surface area (Å²) in [4.78, 5) is 11.4. The van der Waals surface area contributed by atoms with E-state index in [0.717, 1.165) is 6.42 Å². The highest BCUT2D eigenvalue weighted by Gasteiger charge is 2.15. The van der Waals surface area contributed by atoms with Gasteiger partial charge in [-0.1, -0.05) is 6.07 Å². The summed E-state index contributed by atoms with van der Waals surface area (Å²) >= 11 is 0. The highest BCUT2D eigenvalue weighted by molar-refractivity contribution is 7.89. The second-order valence-corrected chi connectivity index (χ2v) is 5.68. The second-order valence-electron chi connectivity index (χ2n) is 3.91. The summed E-state index contributed by atoms with van der Waals surface area (Å²) in [5, 5.41) is 0. The van der Waals surface area contributed by atoms with Gasteiger partial charge in [-0.3, -0.25) is 0 Å². The van der Waals surface area contributed by atoms with Crippen molar-refractivity contribution in [1.29, 1.82) is 0 Å². The first-order chi connectivity index (χ1) is 9.01. The zero-order valence-electron chi connectivity index (χ0n) is 11.2. The van der Waals surface area contributed by atoms with Crippen LogP contribution in [-0.4, -0.2) is 34.6 Å². The molecule has 8 heteroatoms. The quantitative estimate of drug-likeness (QED) is 0.574. The third kappa shape index (κ3) is 5.46. The Hall–Kier alpha value is -1.15. The Bertz CT molecular complexity index is 534. The van der Waals surface area contributed by atoms with Crippen molar-refractivity contribution in [2.24, 2.45) is 5.73 Å². The average Bonchev–Trinajstić information content (AvgIpc) is 2.43. The maximum Gasteiger partial charge on any atom is 0.337 e. The van der Waals surface area contributed by atoms with E-state index in [1.165, 1.54) is 31.4 Å². The molecule has 0 saturated heterocycles. The summed E-state index contributed by atoms with van der Waals surface area (Å²) in [7, 11) is -2.36. The molecule has 0 aliphatic carbocycles. The minimum Gasteiger partial charge on any atom is -0.465 e. The molecule has 1 aromatic carbocycles. The minimum absolute atomic E-state index is 0. The molecule has 1 rings (SSSR count). The molecule has 0 radical (unpaired) electrons. The van der Waals surface area contributed by atoms with Gasteiger partial charge < -0.3 is 10.5 Å². The number of hydrogen-bond acceptors (Lipinski definition) is 5. The van der Waals surface area contributed by atoms with E-state index in [-0.39, 0.29) is 22.9 Å². The fraction of sp³-hybridized carbons (Fsp3) is 0.417. The van der Waals surface area contributed by atoms with E-state index in [1.54, 1.807) is 0 Å². The van der Waals surface area contributed by atoms with Crippen LogP contribution in [0.1, 0.15) is 23.2 Å². The lowest BCUT2D eigenvalue weighted by atomic mass is 10.2. The minimum atomic E-state index is -3.60. The summed E-state index contributed by atoms with van der Waals surface area (Å²) in [6, 6.07) is 5.72. The summed E-state index contributed by atoms with van der Waals surface area (Å²) in [5.41, 5.74) is 5.53. The average molecular weight is 323 g/mol. The van der Waals surface area contributed by atoms with Gasteiger partial charge in [-0.25, -0.2) is 17.9 Å². The maximum atomic E-state index is 12.0. The fourth-order valence-electron chi connectivity index (χ4n) is 1.47. The summed E-state index contributed by atoms with van der Waals surface area (Å²) in [6.07, 6.45) is 1.43. The van der Waals surface area contributed by atoms with Crippen LogP contribution >= 0.6 is 12.4 Å². The second kappa shape index (κ2) is 8.91. The number of methoxy groups -OCH3 is 1. The summed E-state index contributed by atoms with van der Waals surface area (Å²) in [5.74, 6) is -0.569. The Balaban J connectivity index is 0.00000361. The number of esters is 1. The van der Waals surface area contributed by atoms with Gasteiger partial charge in [-0.05, 0) is 37.6 Å². The van der Waals surface area contributed by atoms with Crippen LogP contribution in [0.15, 0.2) is 29.2 Å². The Kier molecular flexibility index (Phi) is 8.40. The number of carbonyl (C=O) groups excluding carboxylic acids is 1. The molecule has 1 aromatic rings. The van der Waals surface area contributed by atoms with E-state index in [9.17, 15) is 13.2 Å². The first-order valence-corrected chi connectivity index (χ1v) is 7.37. The van der Waals surface area contributed by atoms with Gasteiger partial charge in [0.1, 0.15) is 0 Å². The Labute approximate surface area is 125 Å². The van der Waals surface area contributed by atoms with Crippen LogP contribution in [0, 0.1) is 0 Å². The van der Waals surface area contributed by atoms with Crippen LogP contribution in [0.5, 0.6) is 0 Å². The monoisotopic (exact) mass is 322 g/mol. The Morgan fingerprint density at radius 2 is 2.05 bits per heavy atom. The van der Waals surface area contributed by atoms with E-state index >= 15 is 0 Å². The fourth-order valence-corrected chi connectivity index (χ4v) is 2.59. The molecule has 0 aliphatic heterocycles. The van der Waals surface area contributed by atoms with Crippen LogP contribution in [0.25, 0.3) is 0 Å². The number of ether oxygens (including phenoxy) is 1. The zero-order chi connectivity index (χ0) is 14.3. The topological polar surface area (TPSA) is 98.5 Å². The van der Waals surface area contributed by atoms with Crippen LogP contribution in [-0.2, 0) is 14.8 Å². The molecule has 0 aromatic heterocycles. The molecule has 3 N–H and O–H groups in total. The summed E-state index contributed by atoms with van der Waals surface area (Å²) in [6.45, 7) is 0.849. The molecule has 0 aliphatic rings. The van der Waals surface area contributed by atoms with Crippen molar-refractivity contribution in [2.45, 2.75) is 17.7 Å². The van der Waals surface area contributed by atoms with E-state index in [1.807, 2.05) is 0 Å². The molecule has 20 heavy (non-hydrogen) atoms. The lowest BCUT2D eigenvalue weighted by Gasteiger charge is -2.07. The number of rotatable bonds is 7. The number of unbranched alkanes of at least 4 members (excludes halogenated alkanes) is 1. The predicted octanol–water partition coefficient (Wildman–Crippen LogP) is 0.912. The van der Waals surface area contributed by atoms with Gasteiger partial charge in [-0.2, -0.15) is 0 Å². The molecular weight excluding hydrogens is 304 g/mol. The highest BCUT2D eigenvalue weighted by Crippen LogP contribution is 2.12. The molecule has 0 atom stereocenters. The number of nitrogens with one attached hydrogen (secondary N) is 1. The van der Waals surface area contributed by atoms with Crippen molar-refractivity contribution in [3.63, 3.8) is 0 Å². The molecule has 0 heterocycles. The standard InChI is InChI=1S/C12H18N2O4S.ClH/c1-18-12(15)10-5-4-6-11(9-10)19(16,17)14-8-3-2-7-13;/h4-6,9,14H,2-3,7-8,13H2,1H3;1H.